The van der Waals surface area contributed by atoms with E-state index in [2.05, 4.69) is 5.32 Å². The van der Waals surface area contributed by atoms with Gasteiger partial charge in [0.15, 0.2) is 0 Å². The van der Waals surface area contributed by atoms with Crippen LogP contribution < -0.4 is 10.4 Å². The molecule has 0 aliphatic rings. The number of carbonyl (C=O) groups excluding carboxylic acids is 2. The lowest BCUT2D eigenvalue weighted by atomic mass is 10.3. The minimum absolute atomic E-state index is 0.189. The van der Waals surface area contributed by atoms with E-state index in [0.29, 0.717) is 6.08 Å². The lowest BCUT2D eigenvalue weighted by Crippen LogP contribution is -2.20. The molecule has 7 heteroatoms. The summed E-state index contributed by atoms with van der Waals surface area (Å²) in [6, 6.07) is 2.72. The van der Waals surface area contributed by atoms with E-state index in [1.54, 1.807) is 0 Å². The van der Waals surface area contributed by atoms with Gasteiger partial charge in [-0.2, -0.15) is 0 Å². The third-order valence-corrected chi connectivity index (χ3v) is 2.67. The average Bonchev–Trinajstić information content (AvgIpc) is 2.23. The van der Waals surface area contributed by atoms with Gasteiger partial charge in [-0.15, -0.1) is 0 Å². The Bertz CT molecular complexity index is 500. The number of benzene rings is 1. The molecule has 0 saturated heterocycles. The lowest BCUT2D eigenvalue weighted by Gasteiger charge is -2.06. The molecule has 0 spiro atoms. The molecule has 0 fully saturated rings. The van der Waals surface area contributed by atoms with Crippen molar-refractivity contribution in [3.05, 3.63) is 39.4 Å². The molecule has 0 atom stereocenters. The molecule has 1 amide bonds. The fourth-order valence-corrected chi connectivity index (χ4v) is 1.53. The van der Waals surface area contributed by atoms with Crippen LogP contribution in [0.5, 0.6) is 0 Å². The molecule has 0 unspecified atom stereocenters. The Morgan fingerprint density at radius 2 is 1.65 bits per heavy atom. The molecule has 0 aromatic heterocycles. The summed E-state index contributed by atoms with van der Waals surface area (Å²) in [6.07, 6.45) is 1.40. The van der Waals surface area contributed by atoms with Gasteiger partial charge >= 0.3 is 0 Å². The molecule has 17 heavy (non-hydrogen) atoms. The van der Waals surface area contributed by atoms with E-state index in [-0.39, 0.29) is 20.8 Å². The summed E-state index contributed by atoms with van der Waals surface area (Å²) in [6.45, 7) is 0. The summed E-state index contributed by atoms with van der Waals surface area (Å²) >= 11 is 17.2. The second kappa shape index (κ2) is 5.91. The van der Waals surface area contributed by atoms with E-state index in [1.165, 1.54) is 12.1 Å². The molecule has 0 saturated carbocycles. The molecule has 0 heterocycles. The number of anilines is 1. The van der Waals surface area contributed by atoms with Crippen molar-refractivity contribution in [1.29, 1.82) is 0 Å². The van der Waals surface area contributed by atoms with E-state index in [4.69, 9.17) is 34.8 Å². The second-order valence-electron chi connectivity index (χ2n) is 2.89. The first-order valence-corrected chi connectivity index (χ1v) is 5.38. The van der Waals surface area contributed by atoms with E-state index in [1.807, 2.05) is 0 Å². The standard InChI is InChI=1S/C10H6Cl3NO3/c11-5-3-7(13)8(4-6(5)12)14-9(15)1-2-10(16)17/h1-4H,(H,14,15)(H,16,17)/p-1. The van der Waals surface area contributed by atoms with Gasteiger partial charge in [0, 0.05) is 6.08 Å². The summed E-state index contributed by atoms with van der Waals surface area (Å²) in [5.74, 6) is -2.14. The summed E-state index contributed by atoms with van der Waals surface area (Å²) in [4.78, 5) is 21.3. The Morgan fingerprint density at radius 1 is 1.06 bits per heavy atom. The number of carboxylic acid groups (broad SMARTS) is 1. The van der Waals surface area contributed by atoms with Crippen LogP contribution in [0.15, 0.2) is 24.3 Å². The van der Waals surface area contributed by atoms with E-state index < -0.39 is 11.9 Å². The smallest absolute Gasteiger partial charge is 0.248 e. The summed E-state index contributed by atoms with van der Waals surface area (Å²) in [7, 11) is 0. The van der Waals surface area contributed by atoms with Gasteiger partial charge in [-0.05, 0) is 18.2 Å². The summed E-state index contributed by atoms with van der Waals surface area (Å²) in [5, 5.41) is 13.1. The molecule has 90 valence electrons. The van der Waals surface area contributed by atoms with Gasteiger partial charge in [0.1, 0.15) is 0 Å². The molecule has 1 N–H and O–H groups in total. The minimum atomic E-state index is -1.47. The van der Waals surface area contributed by atoms with Gasteiger partial charge in [-0.25, -0.2) is 0 Å². The Balaban J connectivity index is 2.85. The highest BCUT2D eigenvalue weighted by molar-refractivity contribution is 6.44. The third kappa shape index (κ3) is 4.26. The van der Waals surface area contributed by atoms with Gasteiger partial charge in [0.25, 0.3) is 0 Å². The Morgan fingerprint density at radius 3 is 2.24 bits per heavy atom. The molecule has 1 aromatic carbocycles. The van der Waals surface area contributed by atoms with E-state index in [0.717, 1.165) is 6.08 Å². The van der Waals surface area contributed by atoms with Gasteiger partial charge in [-0.3, -0.25) is 4.79 Å². The number of aliphatic carboxylic acids is 1. The highest BCUT2D eigenvalue weighted by atomic mass is 35.5. The predicted octanol–water partition coefficient (Wildman–Crippen LogP) is 1.89. The van der Waals surface area contributed by atoms with Gasteiger partial charge in [0.2, 0.25) is 5.91 Å². The highest BCUT2D eigenvalue weighted by Gasteiger charge is 2.07. The number of nitrogens with one attached hydrogen (secondary N) is 1. The number of amides is 1. The molecule has 0 radical (unpaired) electrons. The minimum Gasteiger partial charge on any atom is -0.545 e. The van der Waals surface area contributed by atoms with Gasteiger partial charge < -0.3 is 15.2 Å². The van der Waals surface area contributed by atoms with Crippen LogP contribution in [-0.4, -0.2) is 11.9 Å². The first-order chi connectivity index (χ1) is 7.90. The van der Waals surface area contributed by atoms with E-state index in [9.17, 15) is 14.7 Å². The van der Waals surface area contributed by atoms with Crippen molar-refractivity contribution >= 4 is 52.4 Å². The van der Waals surface area contributed by atoms with Crippen molar-refractivity contribution in [3.63, 3.8) is 0 Å². The fraction of sp³-hybridized carbons (Fsp3) is 0. The monoisotopic (exact) mass is 292 g/mol. The average molecular weight is 294 g/mol. The molecule has 1 aromatic rings. The van der Waals surface area contributed by atoms with Crippen LogP contribution in [0.3, 0.4) is 0 Å². The molecule has 4 nitrogen and oxygen atoms in total. The largest absolute Gasteiger partial charge is 0.545 e. The normalized spacial score (nSPS) is 10.5. The number of hydrogen-bond acceptors (Lipinski definition) is 3. The van der Waals surface area contributed by atoms with Crippen molar-refractivity contribution < 1.29 is 14.7 Å². The predicted molar refractivity (Wildman–Crippen MR) is 64.2 cm³/mol. The zero-order chi connectivity index (χ0) is 13.0. The van der Waals surface area contributed by atoms with Crippen molar-refractivity contribution in [2.45, 2.75) is 0 Å². The Kier molecular flexibility index (Phi) is 4.81. The number of halogens is 3. The quantitative estimate of drug-likeness (QED) is 0.683. The Hall–Kier alpha value is -1.23. The van der Waals surface area contributed by atoms with Crippen molar-refractivity contribution in [2.24, 2.45) is 0 Å². The highest BCUT2D eigenvalue weighted by Crippen LogP contribution is 2.32. The zero-order valence-electron chi connectivity index (χ0n) is 8.17. The molecule has 0 aliphatic heterocycles. The number of rotatable bonds is 3. The molecule has 0 aliphatic carbocycles. The maximum Gasteiger partial charge on any atom is 0.248 e. The van der Waals surface area contributed by atoms with Crippen LogP contribution in [0.2, 0.25) is 15.1 Å². The third-order valence-electron chi connectivity index (χ3n) is 1.64. The molecule has 1 rings (SSSR count). The number of carbonyl (C=O) groups is 2. The molecular formula is C10H5Cl3NO3-. The zero-order valence-corrected chi connectivity index (χ0v) is 10.4. The second-order valence-corrected chi connectivity index (χ2v) is 4.11. The van der Waals surface area contributed by atoms with Gasteiger partial charge in [-0.1, -0.05) is 34.8 Å². The topological polar surface area (TPSA) is 69.2 Å². The fourth-order valence-electron chi connectivity index (χ4n) is 0.936. The summed E-state index contributed by atoms with van der Waals surface area (Å²) < 4.78 is 0. The van der Waals surface area contributed by atoms with Gasteiger partial charge in [0.05, 0.1) is 26.7 Å². The maximum absolute atomic E-state index is 11.2. The van der Waals surface area contributed by atoms with Crippen LogP contribution in [0, 0.1) is 0 Å². The van der Waals surface area contributed by atoms with Crippen molar-refractivity contribution in [1.82, 2.24) is 0 Å². The maximum atomic E-state index is 11.2. The number of hydrogen-bond donors (Lipinski definition) is 1. The first-order valence-electron chi connectivity index (χ1n) is 4.24. The first kappa shape index (κ1) is 13.8. The number of carboxylic acids is 1. The van der Waals surface area contributed by atoms with Crippen molar-refractivity contribution in [3.8, 4) is 0 Å². The Labute approximate surface area is 112 Å². The van der Waals surface area contributed by atoms with Crippen LogP contribution in [0.1, 0.15) is 0 Å². The van der Waals surface area contributed by atoms with Crippen LogP contribution >= 0.6 is 34.8 Å². The SMILES string of the molecule is O=C([O-])C=CC(=O)Nc1cc(Cl)c(Cl)cc1Cl. The lowest BCUT2D eigenvalue weighted by molar-refractivity contribution is -0.297. The van der Waals surface area contributed by atoms with Crippen LogP contribution in [0.25, 0.3) is 0 Å². The molecule has 0 bridgehead atoms. The van der Waals surface area contributed by atoms with Crippen LogP contribution in [-0.2, 0) is 9.59 Å². The van der Waals surface area contributed by atoms with Crippen molar-refractivity contribution in [2.75, 3.05) is 5.32 Å². The van der Waals surface area contributed by atoms with E-state index >= 15 is 0 Å². The molecular weight excluding hydrogens is 288 g/mol. The summed E-state index contributed by atoms with van der Waals surface area (Å²) in [5.41, 5.74) is 0.231. The van der Waals surface area contributed by atoms with Crippen LogP contribution in [0.4, 0.5) is 5.69 Å².